The van der Waals surface area contributed by atoms with Gasteiger partial charge in [0.05, 0.1) is 13.0 Å². The van der Waals surface area contributed by atoms with Crippen molar-refractivity contribution in [2.45, 2.75) is 26.2 Å². The number of carbonyl (C=O) groups is 1. The molecule has 0 bridgehead atoms. The summed E-state index contributed by atoms with van der Waals surface area (Å²) >= 11 is 0. The topological polar surface area (TPSA) is 70.7 Å². The van der Waals surface area contributed by atoms with Gasteiger partial charge in [-0.2, -0.15) is 0 Å². The van der Waals surface area contributed by atoms with Crippen LogP contribution in [-0.4, -0.2) is 42.9 Å². The summed E-state index contributed by atoms with van der Waals surface area (Å²) < 4.78 is 13.0. The zero-order chi connectivity index (χ0) is 16.7. The molecule has 0 atom stereocenters. The van der Waals surface area contributed by atoms with E-state index in [0.717, 1.165) is 31.8 Å². The van der Waals surface area contributed by atoms with E-state index in [9.17, 15) is 9.18 Å². The van der Waals surface area contributed by atoms with Gasteiger partial charge in [0.15, 0.2) is 5.96 Å². The summed E-state index contributed by atoms with van der Waals surface area (Å²) in [6, 6.07) is 6.06. The first-order valence-corrected chi connectivity index (χ1v) is 8.10. The summed E-state index contributed by atoms with van der Waals surface area (Å²) in [4.78, 5) is 18.2. The molecule has 0 aromatic heterocycles. The molecule has 5 nitrogen and oxygen atoms in total. The first-order valence-electron chi connectivity index (χ1n) is 8.10. The molecule has 2 rings (SSSR count). The van der Waals surface area contributed by atoms with E-state index in [2.05, 4.69) is 22.1 Å². The van der Waals surface area contributed by atoms with Crippen LogP contribution in [0.3, 0.4) is 0 Å². The van der Waals surface area contributed by atoms with E-state index in [-0.39, 0.29) is 18.1 Å². The predicted molar refractivity (Wildman–Crippen MR) is 89.6 cm³/mol. The van der Waals surface area contributed by atoms with Crippen molar-refractivity contribution >= 4 is 11.9 Å². The van der Waals surface area contributed by atoms with Crippen LogP contribution in [0.15, 0.2) is 29.3 Å². The number of hydrogen-bond acceptors (Lipinski definition) is 2. The first kappa shape index (κ1) is 17.2. The van der Waals surface area contributed by atoms with Gasteiger partial charge in [0.2, 0.25) is 5.91 Å². The average molecular weight is 320 g/mol. The fraction of sp³-hybridized carbons (Fsp3) is 0.529. The number of hydrogen-bond donors (Lipinski definition) is 2. The van der Waals surface area contributed by atoms with Crippen LogP contribution in [0.1, 0.15) is 25.3 Å². The number of benzene rings is 1. The molecule has 1 aliphatic rings. The number of nitrogens with zero attached hydrogens (tertiary/aromatic N) is 2. The van der Waals surface area contributed by atoms with Gasteiger partial charge in [-0.05, 0) is 36.5 Å². The number of rotatable bonds is 5. The van der Waals surface area contributed by atoms with E-state index >= 15 is 0 Å². The van der Waals surface area contributed by atoms with Gasteiger partial charge in [-0.25, -0.2) is 4.39 Å². The summed E-state index contributed by atoms with van der Waals surface area (Å²) in [6.45, 7) is 5.02. The lowest BCUT2D eigenvalue weighted by atomic mass is 10.00. The number of nitrogens with one attached hydrogen (secondary N) is 1. The van der Waals surface area contributed by atoms with Gasteiger partial charge in [-0.1, -0.05) is 19.1 Å². The maximum absolute atomic E-state index is 13.0. The van der Waals surface area contributed by atoms with Crippen molar-refractivity contribution < 1.29 is 9.18 Å². The van der Waals surface area contributed by atoms with Gasteiger partial charge in [0.1, 0.15) is 5.82 Å². The Morgan fingerprint density at radius 1 is 1.43 bits per heavy atom. The molecule has 1 aromatic carbocycles. The Bertz CT molecular complexity index is 553. The molecule has 0 radical (unpaired) electrons. The molecule has 3 N–H and O–H groups in total. The minimum atomic E-state index is -0.330. The summed E-state index contributed by atoms with van der Waals surface area (Å²) in [6.07, 6.45) is 2.45. The molecule has 0 unspecified atom stereocenters. The number of nitrogens with two attached hydrogens (primary N) is 1. The largest absolute Gasteiger partial charge is 0.370 e. The van der Waals surface area contributed by atoms with Gasteiger partial charge in [-0.15, -0.1) is 0 Å². The maximum atomic E-state index is 13.0. The van der Waals surface area contributed by atoms with E-state index in [1.165, 1.54) is 12.1 Å². The minimum absolute atomic E-state index is 0.142. The van der Waals surface area contributed by atoms with E-state index in [4.69, 9.17) is 5.73 Å². The predicted octanol–water partition coefficient (Wildman–Crippen LogP) is 1.53. The van der Waals surface area contributed by atoms with Crippen LogP contribution >= 0.6 is 0 Å². The highest BCUT2D eigenvalue weighted by atomic mass is 19.1. The summed E-state index contributed by atoms with van der Waals surface area (Å²) in [5.41, 5.74) is 6.63. The highest BCUT2D eigenvalue weighted by Crippen LogP contribution is 2.15. The molecular formula is C17H25FN4O. The van der Waals surface area contributed by atoms with Crippen LogP contribution in [0.4, 0.5) is 4.39 Å². The van der Waals surface area contributed by atoms with Crippen LogP contribution in [0, 0.1) is 11.7 Å². The Morgan fingerprint density at radius 3 is 2.87 bits per heavy atom. The van der Waals surface area contributed by atoms with Gasteiger partial charge in [0, 0.05) is 19.6 Å². The maximum Gasteiger partial charge on any atom is 0.224 e. The number of guanidine groups is 1. The Hall–Kier alpha value is -2.11. The van der Waals surface area contributed by atoms with Crippen molar-refractivity contribution in [2.75, 3.05) is 26.2 Å². The molecule has 1 fully saturated rings. The zero-order valence-electron chi connectivity index (χ0n) is 13.6. The molecule has 0 spiro atoms. The Kier molecular flexibility index (Phi) is 6.38. The molecule has 1 aliphatic heterocycles. The van der Waals surface area contributed by atoms with Crippen molar-refractivity contribution in [3.05, 3.63) is 35.6 Å². The first-order chi connectivity index (χ1) is 11.0. The van der Waals surface area contributed by atoms with Crippen molar-refractivity contribution in [3.8, 4) is 0 Å². The second kappa shape index (κ2) is 8.50. The summed E-state index contributed by atoms with van der Waals surface area (Å²) in [5.74, 6) is 0.831. The fourth-order valence-corrected chi connectivity index (χ4v) is 2.60. The van der Waals surface area contributed by atoms with Crippen molar-refractivity contribution in [3.63, 3.8) is 0 Å². The molecule has 1 heterocycles. The van der Waals surface area contributed by atoms with Crippen LogP contribution < -0.4 is 11.1 Å². The lowest BCUT2D eigenvalue weighted by Gasteiger charge is -2.31. The second-order valence-electron chi connectivity index (χ2n) is 6.07. The smallest absolute Gasteiger partial charge is 0.224 e. The number of likely N-dealkylation sites (tertiary alicyclic amines) is 1. The molecule has 1 amide bonds. The monoisotopic (exact) mass is 320 g/mol. The number of carbonyl (C=O) groups excluding carboxylic acids is 1. The molecule has 23 heavy (non-hydrogen) atoms. The van der Waals surface area contributed by atoms with Crippen molar-refractivity contribution in [1.29, 1.82) is 0 Å². The normalized spacial score (nSPS) is 16.4. The third kappa shape index (κ3) is 5.88. The third-order valence-electron chi connectivity index (χ3n) is 4.07. The van der Waals surface area contributed by atoms with Crippen molar-refractivity contribution in [2.24, 2.45) is 16.6 Å². The van der Waals surface area contributed by atoms with Crippen LogP contribution in [0.25, 0.3) is 0 Å². The molecular weight excluding hydrogens is 295 g/mol. The number of halogens is 1. The lowest BCUT2D eigenvalue weighted by molar-refractivity contribution is -0.120. The Labute approximate surface area is 136 Å². The number of amides is 1. The second-order valence-corrected chi connectivity index (χ2v) is 6.07. The molecule has 1 saturated heterocycles. The highest BCUT2D eigenvalue weighted by Gasteiger charge is 2.16. The van der Waals surface area contributed by atoms with Gasteiger partial charge >= 0.3 is 0 Å². The Morgan fingerprint density at radius 2 is 2.17 bits per heavy atom. The van der Waals surface area contributed by atoms with E-state index < -0.39 is 0 Å². The summed E-state index contributed by atoms with van der Waals surface area (Å²) in [5, 5.41) is 2.77. The van der Waals surface area contributed by atoms with Crippen LogP contribution in [0.2, 0.25) is 0 Å². The van der Waals surface area contributed by atoms with Gasteiger partial charge in [-0.3, -0.25) is 9.79 Å². The van der Waals surface area contributed by atoms with Crippen LogP contribution in [-0.2, 0) is 11.2 Å². The minimum Gasteiger partial charge on any atom is -0.370 e. The fourth-order valence-electron chi connectivity index (χ4n) is 2.60. The molecule has 1 aromatic rings. The van der Waals surface area contributed by atoms with Crippen molar-refractivity contribution in [1.82, 2.24) is 10.2 Å². The lowest BCUT2D eigenvalue weighted by Crippen LogP contribution is -2.42. The third-order valence-corrected chi connectivity index (χ3v) is 4.07. The van der Waals surface area contributed by atoms with Gasteiger partial charge in [0.25, 0.3) is 0 Å². The van der Waals surface area contributed by atoms with Gasteiger partial charge < -0.3 is 16.0 Å². The quantitative estimate of drug-likeness (QED) is 0.491. The summed E-state index contributed by atoms with van der Waals surface area (Å²) in [7, 11) is 0. The molecule has 6 heteroatoms. The van der Waals surface area contributed by atoms with E-state index in [1.54, 1.807) is 12.1 Å². The number of piperidine rings is 1. The average Bonchev–Trinajstić information content (AvgIpc) is 2.52. The number of aliphatic imine (C=N–C) groups is 1. The highest BCUT2D eigenvalue weighted by molar-refractivity contribution is 5.79. The SMILES string of the molecule is CC1CCN(C(N)=NCCNC(=O)Cc2cccc(F)c2)CC1. The zero-order valence-corrected chi connectivity index (χ0v) is 13.6. The standard InChI is InChI=1S/C17H25FN4O/c1-13-5-9-22(10-6-13)17(19)21-8-7-20-16(23)12-14-3-2-4-15(18)11-14/h2-4,11,13H,5-10,12H2,1H3,(H2,19,21)(H,20,23). The van der Waals surface area contributed by atoms with E-state index in [1.807, 2.05) is 0 Å². The molecule has 126 valence electrons. The molecule has 0 saturated carbocycles. The van der Waals surface area contributed by atoms with E-state index in [0.29, 0.717) is 24.6 Å². The van der Waals surface area contributed by atoms with Crippen LogP contribution in [0.5, 0.6) is 0 Å². The Balaban J connectivity index is 1.68. The molecule has 0 aliphatic carbocycles.